The SMILES string of the molecule is CNC(C)C(O)c1ccc(O)c(O)c1.Cl. The Bertz CT molecular complexity index is 320. The number of nitrogens with one attached hydrogen (secondary N) is 1. The van der Waals surface area contributed by atoms with E-state index >= 15 is 0 Å². The standard InChI is InChI=1S/C10H15NO3.ClH/c1-6(11-2)10(14)7-3-4-8(12)9(13)5-7;/h3-6,10-14H,1-2H3;1H. The molecule has 1 rings (SSSR count). The minimum Gasteiger partial charge on any atom is -0.504 e. The van der Waals surface area contributed by atoms with Crippen molar-refractivity contribution >= 4 is 12.4 Å². The fraction of sp³-hybridized carbons (Fsp3) is 0.400. The average Bonchev–Trinajstić information content (AvgIpc) is 2.20. The summed E-state index contributed by atoms with van der Waals surface area (Å²) in [6.07, 6.45) is -0.702. The van der Waals surface area contributed by atoms with Crippen LogP contribution in [-0.4, -0.2) is 28.4 Å². The van der Waals surface area contributed by atoms with E-state index in [0.717, 1.165) is 0 Å². The van der Waals surface area contributed by atoms with Crippen LogP contribution in [0.2, 0.25) is 0 Å². The third-order valence-electron chi connectivity index (χ3n) is 2.27. The van der Waals surface area contributed by atoms with Gasteiger partial charge >= 0.3 is 0 Å². The molecule has 15 heavy (non-hydrogen) atoms. The van der Waals surface area contributed by atoms with Crippen LogP contribution < -0.4 is 5.32 Å². The highest BCUT2D eigenvalue weighted by Crippen LogP contribution is 2.28. The normalized spacial score (nSPS) is 14.1. The Morgan fingerprint density at radius 2 is 1.80 bits per heavy atom. The lowest BCUT2D eigenvalue weighted by atomic mass is 10.0. The van der Waals surface area contributed by atoms with Crippen LogP contribution in [0.25, 0.3) is 0 Å². The van der Waals surface area contributed by atoms with Gasteiger partial charge in [-0.15, -0.1) is 12.4 Å². The zero-order chi connectivity index (χ0) is 10.7. The molecule has 0 bridgehead atoms. The number of aliphatic hydroxyl groups is 1. The highest BCUT2D eigenvalue weighted by molar-refractivity contribution is 5.85. The summed E-state index contributed by atoms with van der Waals surface area (Å²) < 4.78 is 0. The molecule has 0 heterocycles. The van der Waals surface area contributed by atoms with Gasteiger partial charge in [0.25, 0.3) is 0 Å². The van der Waals surface area contributed by atoms with Gasteiger partial charge in [0.05, 0.1) is 6.10 Å². The summed E-state index contributed by atoms with van der Waals surface area (Å²) in [4.78, 5) is 0. The molecule has 0 aliphatic rings. The Kier molecular flexibility index (Phi) is 5.43. The van der Waals surface area contributed by atoms with Gasteiger partial charge in [-0.1, -0.05) is 6.07 Å². The summed E-state index contributed by atoms with van der Waals surface area (Å²) in [6, 6.07) is 4.18. The van der Waals surface area contributed by atoms with Crippen molar-refractivity contribution in [3.8, 4) is 11.5 Å². The van der Waals surface area contributed by atoms with Gasteiger partial charge in [-0.2, -0.15) is 0 Å². The maximum Gasteiger partial charge on any atom is 0.157 e. The van der Waals surface area contributed by atoms with E-state index in [1.165, 1.54) is 12.1 Å². The van der Waals surface area contributed by atoms with E-state index in [1.807, 2.05) is 6.92 Å². The number of aliphatic hydroxyl groups excluding tert-OH is 1. The van der Waals surface area contributed by atoms with E-state index in [9.17, 15) is 10.2 Å². The van der Waals surface area contributed by atoms with Crippen LogP contribution in [0.1, 0.15) is 18.6 Å². The molecule has 2 atom stereocenters. The molecular formula is C10H16ClNO3. The van der Waals surface area contributed by atoms with Crippen molar-refractivity contribution < 1.29 is 15.3 Å². The molecular weight excluding hydrogens is 218 g/mol. The topological polar surface area (TPSA) is 72.7 Å². The van der Waals surface area contributed by atoms with Crippen molar-refractivity contribution in [2.45, 2.75) is 19.1 Å². The fourth-order valence-corrected chi connectivity index (χ4v) is 1.17. The molecule has 0 aliphatic carbocycles. The number of rotatable bonds is 3. The molecule has 0 amide bonds. The second kappa shape index (κ2) is 5.80. The van der Waals surface area contributed by atoms with Gasteiger partial charge in [-0.3, -0.25) is 0 Å². The second-order valence-corrected chi connectivity index (χ2v) is 3.27. The summed E-state index contributed by atoms with van der Waals surface area (Å²) in [5.41, 5.74) is 0.571. The van der Waals surface area contributed by atoms with E-state index < -0.39 is 6.10 Å². The number of likely N-dealkylation sites (N-methyl/N-ethyl adjacent to an activating group) is 1. The summed E-state index contributed by atoms with van der Waals surface area (Å²) in [6.45, 7) is 1.83. The van der Waals surface area contributed by atoms with Gasteiger partial charge in [-0.25, -0.2) is 0 Å². The van der Waals surface area contributed by atoms with E-state index in [1.54, 1.807) is 13.1 Å². The Morgan fingerprint density at radius 3 is 2.27 bits per heavy atom. The first kappa shape index (κ1) is 14.0. The highest BCUT2D eigenvalue weighted by Gasteiger charge is 2.15. The molecule has 0 aliphatic heterocycles. The Balaban J connectivity index is 0.00000196. The third-order valence-corrected chi connectivity index (χ3v) is 2.27. The Hall–Kier alpha value is -0.970. The van der Waals surface area contributed by atoms with Crippen molar-refractivity contribution in [3.63, 3.8) is 0 Å². The first-order valence-corrected chi connectivity index (χ1v) is 4.43. The highest BCUT2D eigenvalue weighted by atomic mass is 35.5. The van der Waals surface area contributed by atoms with Crippen molar-refractivity contribution in [1.82, 2.24) is 5.32 Å². The Morgan fingerprint density at radius 1 is 1.20 bits per heavy atom. The van der Waals surface area contributed by atoms with Crippen molar-refractivity contribution in [2.24, 2.45) is 0 Å². The quantitative estimate of drug-likeness (QED) is 0.592. The van der Waals surface area contributed by atoms with Crippen molar-refractivity contribution in [3.05, 3.63) is 23.8 Å². The largest absolute Gasteiger partial charge is 0.504 e. The molecule has 4 nitrogen and oxygen atoms in total. The van der Waals surface area contributed by atoms with Gasteiger partial charge in [0, 0.05) is 6.04 Å². The number of aromatic hydroxyl groups is 2. The minimum atomic E-state index is -0.702. The van der Waals surface area contributed by atoms with Crippen LogP contribution in [0.15, 0.2) is 18.2 Å². The molecule has 0 saturated heterocycles. The molecule has 0 saturated carbocycles. The van der Waals surface area contributed by atoms with E-state index in [2.05, 4.69) is 5.32 Å². The molecule has 4 N–H and O–H groups in total. The summed E-state index contributed by atoms with van der Waals surface area (Å²) in [7, 11) is 1.74. The van der Waals surface area contributed by atoms with E-state index in [0.29, 0.717) is 5.56 Å². The molecule has 0 fully saturated rings. The van der Waals surface area contributed by atoms with Gasteiger partial charge in [0.15, 0.2) is 11.5 Å². The van der Waals surface area contributed by atoms with Crippen LogP contribution in [0.5, 0.6) is 11.5 Å². The summed E-state index contributed by atoms with van der Waals surface area (Å²) in [5.74, 6) is -0.400. The van der Waals surface area contributed by atoms with E-state index in [-0.39, 0.29) is 29.9 Å². The van der Waals surface area contributed by atoms with Crippen molar-refractivity contribution in [2.75, 3.05) is 7.05 Å². The van der Waals surface area contributed by atoms with Gasteiger partial charge < -0.3 is 20.6 Å². The number of phenolic OH excluding ortho intramolecular Hbond substituents is 2. The first-order valence-electron chi connectivity index (χ1n) is 4.43. The first-order chi connectivity index (χ1) is 6.56. The lowest BCUT2D eigenvalue weighted by Gasteiger charge is -2.18. The third kappa shape index (κ3) is 3.27. The number of hydrogen-bond donors (Lipinski definition) is 4. The molecule has 2 unspecified atom stereocenters. The predicted molar refractivity (Wildman–Crippen MR) is 60.5 cm³/mol. The van der Waals surface area contributed by atoms with Gasteiger partial charge in [0.2, 0.25) is 0 Å². The van der Waals surface area contributed by atoms with Crippen LogP contribution in [0, 0.1) is 0 Å². The van der Waals surface area contributed by atoms with Crippen LogP contribution >= 0.6 is 12.4 Å². The van der Waals surface area contributed by atoms with E-state index in [4.69, 9.17) is 5.11 Å². The fourth-order valence-electron chi connectivity index (χ4n) is 1.17. The molecule has 0 radical (unpaired) electrons. The summed E-state index contributed by atoms with van der Waals surface area (Å²) in [5, 5.41) is 30.9. The monoisotopic (exact) mass is 233 g/mol. The number of phenols is 2. The summed E-state index contributed by atoms with van der Waals surface area (Å²) >= 11 is 0. The van der Waals surface area contributed by atoms with Crippen LogP contribution in [0.4, 0.5) is 0 Å². The predicted octanol–water partition coefficient (Wildman–Crippen LogP) is 1.16. The van der Waals surface area contributed by atoms with Gasteiger partial charge in [0.1, 0.15) is 0 Å². The zero-order valence-corrected chi connectivity index (χ0v) is 9.45. The van der Waals surface area contributed by atoms with Crippen molar-refractivity contribution in [1.29, 1.82) is 0 Å². The number of halogens is 1. The maximum absolute atomic E-state index is 9.75. The molecule has 0 spiro atoms. The molecule has 86 valence electrons. The van der Waals surface area contributed by atoms with Gasteiger partial charge in [-0.05, 0) is 31.7 Å². The second-order valence-electron chi connectivity index (χ2n) is 3.27. The lowest BCUT2D eigenvalue weighted by molar-refractivity contribution is 0.139. The minimum absolute atomic E-state index is 0. The molecule has 1 aromatic rings. The maximum atomic E-state index is 9.75. The van der Waals surface area contributed by atoms with Crippen LogP contribution in [-0.2, 0) is 0 Å². The number of hydrogen-bond acceptors (Lipinski definition) is 4. The smallest absolute Gasteiger partial charge is 0.157 e. The average molecular weight is 234 g/mol. The molecule has 1 aromatic carbocycles. The molecule has 5 heteroatoms. The van der Waals surface area contributed by atoms with Crippen LogP contribution in [0.3, 0.4) is 0 Å². The zero-order valence-electron chi connectivity index (χ0n) is 8.64. The number of benzene rings is 1. The Labute approximate surface area is 95.0 Å². The molecule has 0 aromatic heterocycles. The lowest BCUT2D eigenvalue weighted by Crippen LogP contribution is -2.28.